The highest BCUT2D eigenvalue weighted by Gasteiger charge is 2.38. The number of aliphatic carboxylic acids is 1. The predicted octanol–water partition coefficient (Wildman–Crippen LogP) is 2.25. The quantitative estimate of drug-likeness (QED) is 0.622. The number of alkyl halides is 3. The van der Waals surface area contributed by atoms with E-state index in [4.69, 9.17) is 9.90 Å². The number of hydrogen-bond donors (Lipinski definition) is 2. The van der Waals surface area contributed by atoms with Gasteiger partial charge in [0.1, 0.15) is 6.04 Å². The number of nitrogens with one attached hydrogen (secondary N) is 1. The van der Waals surface area contributed by atoms with E-state index in [0.29, 0.717) is 25.6 Å². The van der Waals surface area contributed by atoms with Gasteiger partial charge in [0, 0.05) is 23.5 Å². The number of carboxylic acids is 1. The number of aromatic nitrogens is 4. The molecular weight excluding hydrogens is 437 g/mol. The molecule has 0 saturated heterocycles. The van der Waals surface area contributed by atoms with Crippen LogP contribution in [0.1, 0.15) is 16.6 Å². The van der Waals surface area contributed by atoms with E-state index in [2.05, 4.69) is 20.4 Å². The van der Waals surface area contributed by atoms with Crippen molar-refractivity contribution in [3.8, 4) is 0 Å². The summed E-state index contributed by atoms with van der Waals surface area (Å²) >= 11 is 1.63. The van der Waals surface area contributed by atoms with Crippen LogP contribution in [0.4, 0.5) is 19.1 Å². The van der Waals surface area contributed by atoms with Crippen molar-refractivity contribution in [1.82, 2.24) is 25.1 Å². The summed E-state index contributed by atoms with van der Waals surface area (Å²) in [7, 11) is 0. The van der Waals surface area contributed by atoms with Gasteiger partial charge < -0.3 is 15.3 Å². The van der Waals surface area contributed by atoms with E-state index in [-0.39, 0.29) is 5.91 Å². The lowest BCUT2D eigenvalue weighted by Gasteiger charge is -2.33. The molecule has 1 amide bonds. The maximum absolute atomic E-state index is 12.7. The molecule has 1 atom stereocenters. The predicted molar refractivity (Wildman–Crippen MR) is 104 cm³/mol. The first-order valence-corrected chi connectivity index (χ1v) is 9.78. The molecule has 0 fully saturated rings. The highest BCUT2D eigenvalue weighted by molar-refractivity contribution is 7.09. The first-order valence-electron chi connectivity index (χ1n) is 8.90. The summed E-state index contributed by atoms with van der Waals surface area (Å²) in [6, 6.07) is 7.30. The topological polar surface area (TPSA) is 113 Å². The highest BCUT2D eigenvalue weighted by atomic mass is 32.1. The van der Waals surface area contributed by atoms with Crippen molar-refractivity contribution in [3.05, 3.63) is 58.8 Å². The molecule has 3 aromatic rings. The van der Waals surface area contributed by atoms with Crippen molar-refractivity contribution in [3.63, 3.8) is 0 Å². The Balaban J connectivity index is 0.000000339. The van der Waals surface area contributed by atoms with E-state index in [1.165, 1.54) is 0 Å². The van der Waals surface area contributed by atoms with Crippen LogP contribution in [0.2, 0.25) is 0 Å². The molecule has 0 saturated carbocycles. The highest BCUT2D eigenvalue weighted by Crippen LogP contribution is 2.23. The number of halogens is 3. The molecule has 1 aliphatic rings. The van der Waals surface area contributed by atoms with E-state index in [1.54, 1.807) is 40.7 Å². The van der Waals surface area contributed by atoms with Crippen LogP contribution in [0.3, 0.4) is 0 Å². The molecule has 164 valence electrons. The van der Waals surface area contributed by atoms with Gasteiger partial charge >= 0.3 is 12.1 Å². The lowest BCUT2D eigenvalue weighted by Crippen LogP contribution is -2.45. The van der Waals surface area contributed by atoms with Gasteiger partial charge in [0.25, 0.3) is 0 Å². The third-order valence-corrected chi connectivity index (χ3v) is 5.07. The average Bonchev–Trinajstić information content (AvgIpc) is 3.43. The fourth-order valence-electron chi connectivity index (χ4n) is 2.80. The summed E-state index contributed by atoms with van der Waals surface area (Å²) in [4.78, 5) is 33.3. The minimum atomic E-state index is -5.08. The molecule has 0 radical (unpaired) electrons. The standard InChI is InChI=1S/C16H16N6OS.C2HF3O2/c23-15(19-9-13-3-1-8-24-13)14-11-21(16-17-5-2-6-18-16)10-12-4-7-20-22(12)14;3-2(4,5)1(6)7/h1-8,14H,9-11H2,(H,19,23);(H,6,7). The SMILES string of the molecule is O=C(NCc1cccs1)C1CN(c2ncccn2)Cc2ccnn21.O=C(O)C(F)(F)F. The van der Waals surface area contributed by atoms with Gasteiger partial charge in [0.05, 0.1) is 25.3 Å². The first-order chi connectivity index (χ1) is 14.8. The second kappa shape index (κ2) is 9.55. The Bertz CT molecular complexity index is 1010. The van der Waals surface area contributed by atoms with Crippen LogP contribution in [0.25, 0.3) is 0 Å². The second-order valence-electron chi connectivity index (χ2n) is 6.31. The molecule has 0 spiro atoms. The van der Waals surface area contributed by atoms with Gasteiger partial charge in [-0.3, -0.25) is 9.48 Å². The van der Waals surface area contributed by atoms with Gasteiger partial charge in [0.15, 0.2) is 0 Å². The maximum atomic E-state index is 12.7. The van der Waals surface area contributed by atoms with Gasteiger partial charge in [-0.1, -0.05) is 6.07 Å². The Morgan fingerprint density at radius 2 is 1.90 bits per heavy atom. The monoisotopic (exact) mass is 454 g/mol. The van der Waals surface area contributed by atoms with Crippen LogP contribution in [-0.4, -0.2) is 49.5 Å². The maximum Gasteiger partial charge on any atom is 0.490 e. The van der Waals surface area contributed by atoms with Crippen LogP contribution in [-0.2, 0) is 22.7 Å². The molecule has 3 aromatic heterocycles. The van der Waals surface area contributed by atoms with E-state index in [1.807, 2.05) is 28.5 Å². The van der Waals surface area contributed by atoms with Gasteiger partial charge in [0.2, 0.25) is 11.9 Å². The van der Waals surface area contributed by atoms with Crippen molar-refractivity contribution in [1.29, 1.82) is 0 Å². The summed E-state index contributed by atoms with van der Waals surface area (Å²) in [6.45, 7) is 1.67. The molecule has 4 heterocycles. The van der Waals surface area contributed by atoms with Gasteiger partial charge in [-0.25, -0.2) is 14.8 Å². The number of carbonyl (C=O) groups excluding carboxylic acids is 1. The summed E-state index contributed by atoms with van der Waals surface area (Å²) < 4.78 is 33.5. The van der Waals surface area contributed by atoms with Crippen LogP contribution in [0.15, 0.2) is 48.2 Å². The van der Waals surface area contributed by atoms with Gasteiger partial charge in [-0.15, -0.1) is 11.3 Å². The Morgan fingerprint density at radius 3 is 2.52 bits per heavy atom. The number of rotatable bonds is 4. The number of hydrogen-bond acceptors (Lipinski definition) is 7. The number of nitrogens with zero attached hydrogens (tertiary/aromatic N) is 5. The van der Waals surface area contributed by atoms with Crippen molar-refractivity contribution in [2.75, 3.05) is 11.4 Å². The van der Waals surface area contributed by atoms with Gasteiger partial charge in [-0.05, 0) is 23.6 Å². The van der Waals surface area contributed by atoms with Crippen LogP contribution >= 0.6 is 11.3 Å². The molecule has 0 aliphatic carbocycles. The molecule has 1 unspecified atom stereocenters. The van der Waals surface area contributed by atoms with Crippen molar-refractivity contribution < 1.29 is 27.9 Å². The fourth-order valence-corrected chi connectivity index (χ4v) is 3.44. The average molecular weight is 454 g/mol. The van der Waals surface area contributed by atoms with Crippen molar-refractivity contribution in [2.45, 2.75) is 25.3 Å². The van der Waals surface area contributed by atoms with E-state index in [0.717, 1.165) is 10.6 Å². The Labute approximate surface area is 178 Å². The molecule has 31 heavy (non-hydrogen) atoms. The number of amides is 1. The lowest BCUT2D eigenvalue weighted by molar-refractivity contribution is -0.192. The van der Waals surface area contributed by atoms with E-state index >= 15 is 0 Å². The van der Waals surface area contributed by atoms with Crippen molar-refractivity contribution >= 4 is 29.2 Å². The van der Waals surface area contributed by atoms with Crippen molar-refractivity contribution in [2.24, 2.45) is 0 Å². The number of anilines is 1. The molecule has 13 heteroatoms. The Hall–Kier alpha value is -3.48. The number of carbonyl (C=O) groups is 2. The summed E-state index contributed by atoms with van der Waals surface area (Å²) in [5, 5.41) is 16.5. The smallest absolute Gasteiger partial charge is 0.475 e. The minimum absolute atomic E-state index is 0.0472. The van der Waals surface area contributed by atoms with Crippen LogP contribution in [0.5, 0.6) is 0 Å². The number of fused-ring (bicyclic) bond motifs is 1. The largest absolute Gasteiger partial charge is 0.490 e. The zero-order valence-corrected chi connectivity index (χ0v) is 16.7. The molecule has 2 N–H and O–H groups in total. The summed E-state index contributed by atoms with van der Waals surface area (Å²) in [6.07, 6.45) is 0.0600. The van der Waals surface area contributed by atoms with Crippen LogP contribution in [0, 0.1) is 0 Å². The zero-order chi connectivity index (χ0) is 22.4. The molecule has 4 rings (SSSR count). The molecule has 9 nitrogen and oxygen atoms in total. The molecular formula is C18H17F3N6O3S. The molecule has 0 bridgehead atoms. The normalized spacial score (nSPS) is 15.5. The fraction of sp³-hybridized carbons (Fsp3) is 0.278. The summed E-state index contributed by atoms with van der Waals surface area (Å²) in [5.41, 5.74) is 0.977. The lowest BCUT2D eigenvalue weighted by atomic mass is 10.2. The van der Waals surface area contributed by atoms with Gasteiger partial charge in [-0.2, -0.15) is 18.3 Å². The molecule has 1 aliphatic heterocycles. The van der Waals surface area contributed by atoms with E-state index < -0.39 is 18.2 Å². The second-order valence-corrected chi connectivity index (χ2v) is 7.34. The number of carboxylic acid groups (broad SMARTS) is 1. The minimum Gasteiger partial charge on any atom is -0.475 e. The first kappa shape index (κ1) is 22.2. The zero-order valence-electron chi connectivity index (χ0n) is 15.9. The van der Waals surface area contributed by atoms with Crippen LogP contribution < -0.4 is 10.2 Å². The van der Waals surface area contributed by atoms with E-state index in [9.17, 15) is 18.0 Å². The number of thiophene rings is 1. The molecule has 0 aromatic carbocycles. The third-order valence-electron chi connectivity index (χ3n) is 4.19. The Morgan fingerprint density at radius 1 is 1.19 bits per heavy atom. The Kier molecular flexibility index (Phi) is 6.84. The third kappa shape index (κ3) is 5.78. The summed E-state index contributed by atoms with van der Waals surface area (Å²) in [5.74, 6) is -2.18.